The van der Waals surface area contributed by atoms with E-state index >= 15 is 0 Å². The predicted molar refractivity (Wildman–Crippen MR) is 92.1 cm³/mol. The molecule has 3 heteroatoms. The van der Waals surface area contributed by atoms with Crippen LogP contribution in [0.5, 0.6) is 0 Å². The van der Waals surface area contributed by atoms with Crippen molar-refractivity contribution >= 4 is 11.3 Å². The van der Waals surface area contributed by atoms with E-state index in [1.54, 1.807) is 0 Å². The Morgan fingerprint density at radius 1 is 1.00 bits per heavy atom. The maximum absolute atomic E-state index is 4.71. The fourth-order valence-electron chi connectivity index (χ4n) is 2.69. The molecular weight excluding hydrogens is 276 g/mol. The first kappa shape index (κ1) is 16.2. The molecule has 0 unspecified atom stereocenters. The Bertz CT molecular complexity index is 601. The SMILES string of the molecule is Cc1ccccc1[C@H](C)N[C@H](C)c1sc(C(C)C)nc1C. The van der Waals surface area contributed by atoms with Crippen molar-refractivity contribution in [3.63, 3.8) is 0 Å². The van der Waals surface area contributed by atoms with Crippen molar-refractivity contribution < 1.29 is 0 Å². The van der Waals surface area contributed by atoms with E-state index in [9.17, 15) is 0 Å². The van der Waals surface area contributed by atoms with Crippen LogP contribution in [-0.2, 0) is 0 Å². The van der Waals surface area contributed by atoms with Crippen molar-refractivity contribution in [1.29, 1.82) is 0 Å². The summed E-state index contributed by atoms with van der Waals surface area (Å²) in [7, 11) is 0. The number of aromatic nitrogens is 1. The van der Waals surface area contributed by atoms with Crippen LogP contribution in [0.15, 0.2) is 24.3 Å². The molecule has 2 atom stereocenters. The van der Waals surface area contributed by atoms with Crippen LogP contribution >= 0.6 is 11.3 Å². The molecule has 0 aliphatic rings. The molecule has 1 N–H and O–H groups in total. The van der Waals surface area contributed by atoms with Gasteiger partial charge in [-0.25, -0.2) is 4.98 Å². The Labute approximate surface area is 132 Å². The lowest BCUT2D eigenvalue weighted by Crippen LogP contribution is -2.22. The molecule has 0 amide bonds. The maximum atomic E-state index is 4.71. The third-order valence-corrected chi connectivity index (χ3v) is 5.53. The second-order valence-electron chi connectivity index (χ2n) is 6.12. The average Bonchev–Trinajstić information content (AvgIpc) is 2.81. The van der Waals surface area contributed by atoms with E-state index in [4.69, 9.17) is 4.98 Å². The van der Waals surface area contributed by atoms with Gasteiger partial charge in [-0.2, -0.15) is 0 Å². The minimum Gasteiger partial charge on any atom is -0.303 e. The number of aryl methyl sites for hydroxylation is 2. The lowest BCUT2D eigenvalue weighted by Gasteiger charge is -2.21. The van der Waals surface area contributed by atoms with Gasteiger partial charge >= 0.3 is 0 Å². The lowest BCUT2D eigenvalue weighted by atomic mass is 10.0. The molecule has 1 heterocycles. The Morgan fingerprint density at radius 2 is 1.67 bits per heavy atom. The summed E-state index contributed by atoms with van der Waals surface area (Å²) in [4.78, 5) is 6.07. The molecule has 1 aromatic heterocycles. The molecule has 0 radical (unpaired) electrons. The van der Waals surface area contributed by atoms with Gasteiger partial charge < -0.3 is 5.32 Å². The molecule has 2 nitrogen and oxygen atoms in total. The highest BCUT2D eigenvalue weighted by molar-refractivity contribution is 7.11. The molecule has 21 heavy (non-hydrogen) atoms. The van der Waals surface area contributed by atoms with Crippen LogP contribution in [0.4, 0.5) is 0 Å². The van der Waals surface area contributed by atoms with Gasteiger partial charge in [-0.1, -0.05) is 38.1 Å². The number of hydrogen-bond acceptors (Lipinski definition) is 3. The topological polar surface area (TPSA) is 24.9 Å². The maximum Gasteiger partial charge on any atom is 0.0956 e. The van der Waals surface area contributed by atoms with E-state index in [2.05, 4.69) is 71.1 Å². The summed E-state index contributed by atoms with van der Waals surface area (Å²) in [6, 6.07) is 9.25. The van der Waals surface area contributed by atoms with E-state index in [1.807, 2.05) is 11.3 Å². The van der Waals surface area contributed by atoms with Crippen molar-refractivity contribution in [2.45, 2.75) is 59.5 Å². The lowest BCUT2D eigenvalue weighted by molar-refractivity contribution is 0.496. The molecule has 0 fully saturated rings. The van der Waals surface area contributed by atoms with E-state index in [-0.39, 0.29) is 0 Å². The molecule has 0 saturated heterocycles. The second-order valence-corrected chi connectivity index (χ2v) is 7.19. The molecule has 2 rings (SSSR count). The predicted octanol–water partition coefficient (Wildman–Crippen LogP) is 5.30. The van der Waals surface area contributed by atoms with Gasteiger partial charge in [-0.05, 0) is 38.8 Å². The van der Waals surface area contributed by atoms with Gasteiger partial charge in [0.25, 0.3) is 0 Å². The largest absolute Gasteiger partial charge is 0.303 e. The Morgan fingerprint density at radius 3 is 2.24 bits per heavy atom. The molecule has 1 aromatic carbocycles. The van der Waals surface area contributed by atoms with Crippen molar-refractivity contribution in [1.82, 2.24) is 10.3 Å². The van der Waals surface area contributed by atoms with Crippen molar-refractivity contribution in [3.05, 3.63) is 51.0 Å². The average molecular weight is 302 g/mol. The summed E-state index contributed by atoms with van der Waals surface area (Å²) < 4.78 is 0. The third-order valence-electron chi connectivity index (χ3n) is 3.89. The van der Waals surface area contributed by atoms with Crippen LogP contribution in [0.2, 0.25) is 0 Å². The number of hydrogen-bond donors (Lipinski definition) is 1. The summed E-state index contributed by atoms with van der Waals surface area (Å²) >= 11 is 1.84. The van der Waals surface area contributed by atoms with Crippen molar-refractivity contribution in [3.8, 4) is 0 Å². The normalized spacial score (nSPS) is 14.4. The number of thiazole rings is 1. The van der Waals surface area contributed by atoms with Crippen molar-refractivity contribution in [2.75, 3.05) is 0 Å². The number of rotatable bonds is 5. The molecule has 2 aromatic rings. The number of nitrogens with zero attached hydrogens (tertiary/aromatic N) is 1. The van der Waals surface area contributed by atoms with Gasteiger partial charge in [0.15, 0.2) is 0 Å². The first-order chi connectivity index (χ1) is 9.90. The zero-order chi connectivity index (χ0) is 15.6. The quantitative estimate of drug-likeness (QED) is 0.811. The van der Waals surface area contributed by atoms with Crippen LogP contribution in [-0.4, -0.2) is 4.98 Å². The minimum atomic E-state index is 0.324. The molecule has 0 spiro atoms. The summed E-state index contributed by atoms with van der Waals surface area (Å²) in [6.45, 7) is 13.2. The first-order valence-corrected chi connectivity index (χ1v) is 8.50. The third kappa shape index (κ3) is 3.72. The van der Waals surface area contributed by atoms with E-state index in [0.717, 1.165) is 0 Å². The molecule has 0 bridgehead atoms. The highest BCUT2D eigenvalue weighted by Crippen LogP contribution is 2.31. The fraction of sp³-hybridized carbons (Fsp3) is 0.500. The van der Waals surface area contributed by atoms with Gasteiger partial charge in [0.1, 0.15) is 0 Å². The van der Waals surface area contributed by atoms with Crippen LogP contribution in [0, 0.1) is 13.8 Å². The van der Waals surface area contributed by atoms with Gasteiger partial charge in [0.05, 0.1) is 10.7 Å². The van der Waals surface area contributed by atoms with Gasteiger partial charge in [-0.15, -0.1) is 11.3 Å². The standard InChI is InChI=1S/C18H26N2S/c1-11(2)18-20-15(6)17(21-18)14(5)19-13(4)16-10-8-7-9-12(16)3/h7-11,13-14,19H,1-6H3/t13-,14+/m0/s1. The molecule has 0 saturated carbocycles. The second kappa shape index (κ2) is 6.71. The summed E-state index contributed by atoms with van der Waals surface area (Å²) in [5, 5.41) is 4.95. The van der Waals surface area contributed by atoms with Crippen LogP contribution in [0.25, 0.3) is 0 Å². The molecular formula is C18H26N2S. The monoisotopic (exact) mass is 302 g/mol. The molecule has 0 aliphatic carbocycles. The smallest absolute Gasteiger partial charge is 0.0956 e. The summed E-state index contributed by atoms with van der Waals surface area (Å²) in [6.07, 6.45) is 0. The molecule has 114 valence electrons. The zero-order valence-electron chi connectivity index (χ0n) is 13.9. The van der Waals surface area contributed by atoms with Crippen LogP contribution in [0.1, 0.15) is 72.4 Å². The Hall–Kier alpha value is -1.19. The zero-order valence-corrected chi connectivity index (χ0v) is 14.7. The van der Waals surface area contributed by atoms with Crippen LogP contribution < -0.4 is 5.32 Å². The minimum absolute atomic E-state index is 0.324. The first-order valence-electron chi connectivity index (χ1n) is 7.69. The van der Waals surface area contributed by atoms with Crippen molar-refractivity contribution in [2.24, 2.45) is 0 Å². The highest BCUT2D eigenvalue weighted by atomic mass is 32.1. The van der Waals surface area contributed by atoms with E-state index in [1.165, 1.54) is 26.7 Å². The van der Waals surface area contributed by atoms with Gasteiger partial charge in [0, 0.05) is 22.9 Å². The number of nitrogens with one attached hydrogen (secondary N) is 1. The highest BCUT2D eigenvalue weighted by Gasteiger charge is 2.18. The van der Waals surface area contributed by atoms with E-state index in [0.29, 0.717) is 18.0 Å². The molecule has 0 aliphatic heterocycles. The van der Waals surface area contributed by atoms with Crippen LogP contribution in [0.3, 0.4) is 0 Å². The fourth-order valence-corrected chi connectivity index (χ4v) is 3.77. The summed E-state index contributed by atoms with van der Waals surface area (Å²) in [5.41, 5.74) is 3.88. The Kier molecular flexibility index (Phi) is 5.17. The van der Waals surface area contributed by atoms with E-state index < -0.39 is 0 Å². The summed E-state index contributed by atoms with van der Waals surface area (Å²) in [5.74, 6) is 0.503. The Balaban J connectivity index is 2.14. The number of benzene rings is 1. The van der Waals surface area contributed by atoms with Gasteiger partial charge in [-0.3, -0.25) is 0 Å². The van der Waals surface area contributed by atoms with Gasteiger partial charge in [0.2, 0.25) is 0 Å².